The third-order valence-corrected chi connectivity index (χ3v) is 2.91. The van der Waals surface area contributed by atoms with Crippen molar-refractivity contribution in [2.45, 2.75) is 32.3 Å². The second-order valence-electron chi connectivity index (χ2n) is 4.58. The Morgan fingerprint density at radius 2 is 2.28 bits per heavy atom. The van der Waals surface area contributed by atoms with Crippen molar-refractivity contribution in [3.8, 4) is 0 Å². The van der Waals surface area contributed by atoms with Gasteiger partial charge in [0.1, 0.15) is 5.60 Å². The summed E-state index contributed by atoms with van der Waals surface area (Å²) >= 11 is 0. The molecular formula is C15H21NO2. The van der Waals surface area contributed by atoms with Crippen LogP contribution in [0.3, 0.4) is 0 Å². The zero-order chi connectivity index (χ0) is 13.6. The van der Waals surface area contributed by atoms with Crippen molar-refractivity contribution in [1.29, 1.82) is 0 Å². The van der Waals surface area contributed by atoms with Gasteiger partial charge in [-0.1, -0.05) is 36.9 Å². The number of amides is 1. The molecule has 1 aromatic carbocycles. The molecule has 1 rings (SSSR count). The highest BCUT2D eigenvalue weighted by molar-refractivity contribution is 5.84. The lowest BCUT2D eigenvalue weighted by molar-refractivity contribution is -0.138. The molecule has 1 atom stereocenters. The maximum absolute atomic E-state index is 11.6. The van der Waals surface area contributed by atoms with Crippen LogP contribution in [0.15, 0.2) is 30.8 Å². The maximum atomic E-state index is 11.6. The summed E-state index contributed by atoms with van der Waals surface area (Å²) in [5.41, 5.74) is 0.822. The number of carbonyl (C=O) groups is 1. The van der Waals surface area contributed by atoms with E-state index in [-0.39, 0.29) is 5.91 Å². The Bertz CT molecular complexity index is 424. The van der Waals surface area contributed by atoms with E-state index in [1.165, 1.54) is 0 Å². The first kappa shape index (κ1) is 14.5. The molecule has 0 aliphatic rings. The average molecular weight is 247 g/mol. The van der Waals surface area contributed by atoms with Crippen LogP contribution < -0.4 is 5.32 Å². The molecule has 0 spiro atoms. The molecule has 0 fully saturated rings. The van der Waals surface area contributed by atoms with E-state index in [4.69, 9.17) is 0 Å². The first-order valence-electron chi connectivity index (χ1n) is 6.21. The maximum Gasteiger partial charge on any atom is 0.251 e. The lowest BCUT2D eigenvalue weighted by Gasteiger charge is -2.21. The summed E-state index contributed by atoms with van der Waals surface area (Å²) in [6.07, 6.45) is 2.84. The molecule has 1 aromatic rings. The normalized spacial score (nSPS) is 13.7. The summed E-state index contributed by atoms with van der Waals surface area (Å²) in [5.74, 6) is -0.315. The number of nitrogens with one attached hydrogen (secondary N) is 1. The van der Waals surface area contributed by atoms with Gasteiger partial charge in [0.05, 0.1) is 0 Å². The summed E-state index contributed by atoms with van der Waals surface area (Å²) in [7, 11) is 0. The number of rotatable bonds is 6. The van der Waals surface area contributed by atoms with E-state index in [9.17, 15) is 9.90 Å². The fraction of sp³-hybridized carbons (Fsp3) is 0.400. The molecule has 1 unspecified atom stereocenters. The van der Waals surface area contributed by atoms with E-state index in [2.05, 4.69) is 11.9 Å². The highest BCUT2D eigenvalue weighted by atomic mass is 16.3. The van der Waals surface area contributed by atoms with Gasteiger partial charge in [0, 0.05) is 6.54 Å². The van der Waals surface area contributed by atoms with E-state index in [0.717, 1.165) is 11.1 Å². The Morgan fingerprint density at radius 3 is 2.89 bits per heavy atom. The van der Waals surface area contributed by atoms with Crippen molar-refractivity contribution >= 4 is 12.0 Å². The summed E-state index contributed by atoms with van der Waals surface area (Å²) < 4.78 is 0. The van der Waals surface area contributed by atoms with E-state index in [1.807, 2.05) is 31.2 Å². The van der Waals surface area contributed by atoms with Crippen LogP contribution in [0.4, 0.5) is 0 Å². The molecule has 0 heterocycles. The van der Waals surface area contributed by atoms with Crippen molar-refractivity contribution in [2.24, 2.45) is 0 Å². The molecule has 2 N–H and O–H groups in total. The van der Waals surface area contributed by atoms with Crippen LogP contribution in [0.5, 0.6) is 0 Å². The highest BCUT2D eigenvalue weighted by Gasteiger charge is 2.28. The van der Waals surface area contributed by atoms with Crippen LogP contribution in [0.1, 0.15) is 31.4 Å². The third-order valence-electron chi connectivity index (χ3n) is 2.91. The van der Waals surface area contributed by atoms with Crippen molar-refractivity contribution in [2.75, 3.05) is 6.54 Å². The fourth-order valence-corrected chi connectivity index (χ4v) is 1.73. The number of aryl methyl sites for hydroxylation is 1. The summed E-state index contributed by atoms with van der Waals surface area (Å²) in [6, 6.07) is 7.92. The van der Waals surface area contributed by atoms with Gasteiger partial charge in [-0.05, 0) is 37.8 Å². The van der Waals surface area contributed by atoms with E-state index in [0.29, 0.717) is 19.4 Å². The second-order valence-corrected chi connectivity index (χ2v) is 4.58. The monoisotopic (exact) mass is 247 g/mol. The largest absolute Gasteiger partial charge is 0.380 e. The summed E-state index contributed by atoms with van der Waals surface area (Å²) in [6.45, 7) is 7.63. The molecule has 0 radical (unpaired) electrons. The SMILES string of the molecule is C=Cc1cccc(CCC(C)(O)C(=O)NCC)c1. The van der Waals surface area contributed by atoms with Crippen LogP contribution in [-0.4, -0.2) is 23.2 Å². The average Bonchev–Trinajstić information content (AvgIpc) is 2.37. The Hall–Kier alpha value is -1.61. The zero-order valence-electron chi connectivity index (χ0n) is 11.1. The minimum Gasteiger partial charge on any atom is -0.380 e. The van der Waals surface area contributed by atoms with Gasteiger partial charge in [0.2, 0.25) is 0 Å². The molecule has 18 heavy (non-hydrogen) atoms. The number of benzene rings is 1. The Balaban J connectivity index is 2.63. The lowest BCUT2D eigenvalue weighted by atomic mass is 9.95. The molecule has 0 bridgehead atoms. The van der Waals surface area contributed by atoms with Gasteiger partial charge in [0.15, 0.2) is 0 Å². The number of likely N-dealkylation sites (N-methyl/N-ethyl adjacent to an activating group) is 1. The van der Waals surface area contributed by atoms with Crippen molar-refractivity contribution < 1.29 is 9.90 Å². The van der Waals surface area contributed by atoms with Crippen LogP contribution in [0.25, 0.3) is 6.08 Å². The topological polar surface area (TPSA) is 49.3 Å². The number of hydrogen-bond donors (Lipinski definition) is 2. The molecule has 98 valence electrons. The van der Waals surface area contributed by atoms with Crippen molar-refractivity contribution in [3.63, 3.8) is 0 Å². The van der Waals surface area contributed by atoms with Crippen molar-refractivity contribution in [1.82, 2.24) is 5.32 Å². The van der Waals surface area contributed by atoms with E-state index >= 15 is 0 Å². The lowest BCUT2D eigenvalue weighted by Crippen LogP contribution is -2.44. The molecule has 3 heteroatoms. The molecule has 3 nitrogen and oxygen atoms in total. The first-order chi connectivity index (χ1) is 8.49. The van der Waals surface area contributed by atoms with Gasteiger partial charge < -0.3 is 10.4 Å². The van der Waals surface area contributed by atoms with Crippen molar-refractivity contribution in [3.05, 3.63) is 42.0 Å². The number of carbonyl (C=O) groups excluding carboxylic acids is 1. The van der Waals surface area contributed by atoms with Gasteiger partial charge in [-0.3, -0.25) is 4.79 Å². The quantitative estimate of drug-likeness (QED) is 0.809. The first-order valence-corrected chi connectivity index (χ1v) is 6.21. The van der Waals surface area contributed by atoms with Crippen LogP contribution in [0.2, 0.25) is 0 Å². The summed E-state index contributed by atoms with van der Waals surface area (Å²) in [4.78, 5) is 11.6. The second kappa shape index (κ2) is 6.36. The minimum atomic E-state index is -1.32. The number of hydrogen-bond acceptors (Lipinski definition) is 2. The molecular weight excluding hydrogens is 226 g/mol. The Labute approximate surface area is 109 Å². The van der Waals surface area contributed by atoms with Gasteiger partial charge in [-0.2, -0.15) is 0 Å². The predicted octanol–water partition coefficient (Wildman–Crippen LogP) is 2.15. The standard InChI is InChI=1S/C15H21NO2/c1-4-12-7-6-8-13(11-12)9-10-15(3,18)14(17)16-5-2/h4,6-8,11,18H,1,5,9-10H2,2-3H3,(H,16,17). The molecule has 0 saturated carbocycles. The van der Waals surface area contributed by atoms with Crippen LogP contribution >= 0.6 is 0 Å². The van der Waals surface area contributed by atoms with Gasteiger partial charge in [-0.25, -0.2) is 0 Å². The summed E-state index contributed by atoms with van der Waals surface area (Å²) in [5, 5.41) is 12.7. The minimum absolute atomic E-state index is 0.315. The predicted molar refractivity (Wildman–Crippen MR) is 74.2 cm³/mol. The Kier molecular flexibility index (Phi) is 5.10. The highest BCUT2D eigenvalue weighted by Crippen LogP contribution is 2.15. The van der Waals surface area contributed by atoms with Crippen LogP contribution in [0, 0.1) is 0 Å². The molecule has 0 aliphatic carbocycles. The molecule has 0 aliphatic heterocycles. The molecule has 0 aromatic heterocycles. The smallest absolute Gasteiger partial charge is 0.251 e. The zero-order valence-corrected chi connectivity index (χ0v) is 11.1. The number of aliphatic hydroxyl groups is 1. The van der Waals surface area contributed by atoms with E-state index in [1.54, 1.807) is 13.0 Å². The molecule has 0 saturated heterocycles. The molecule has 1 amide bonds. The van der Waals surface area contributed by atoms with E-state index < -0.39 is 5.60 Å². The third kappa shape index (κ3) is 4.00. The van der Waals surface area contributed by atoms with Crippen LogP contribution in [-0.2, 0) is 11.2 Å². The fourth-order valence-electron chi connectivity index (χ4n) is 1.73. The van der Waals surface area contributed by atoms with Gasteiger partial charge in [-0.15, -0.1) is 0 Å². The van der Waals surface area contributed by atoms with Gasteiger partial charge in [0.25, 0.3) is 5.91 Å². The Morgan fingerprint density at radius 1 is 1.56 bits per heavy atom. The van der Waals surface area contributed by atoms with Gasteiger partial charge >= 0.3 is 0 Å².